The van der Waals surface area contributed by atoms with E-state index in [-0.39, 0.29) is 25.8 Å². The van der Waals surface area contributed by atoms with Gasteiger partial charge in [-0.25, -0.2) is 4.79 Å². The summed E-state index contributed by atoms with van der Waals surface area (Å²) in [6.45, 7) is 1.82. The van der Waals surface area contributed by atoms with Gasteiger partial charge in [0.1, 0.15) is 0 Å². The van der Waals surface area contributed by atoms with E-state index in [1.807, 2.05) is 43.3 Å². The number of hydrogen-bond donors (Lipinski definition) is 1. The van der Waals surface area contributed by atoms with Crippen molar-refractivity contribution in [3.05, 3.63) is 47.5 Å². The molecule has 0 aliphatic rings. The van der Waals surface area contributed by atoms with E-state index in [4.69, 9.17) is 5.11 Å². The fraction of sp³-hybridized carbons (Fsp3) is 0.0833. The molecule has 2 nitrogen and oxygen atoms in total. The smallest absolute Gasteiger partial charge is 0.336 e. The minimum absolute atomic E-state index is 0. The third kappa shape index (κ3) is 2.17. The van der Waals surface area contributed by atoms with Crippen molar-refractivity contribution in [2.75, 3.05) is 0 Å². The van der Waals surface area contributed by atoms with Crippen LogP contribution in [0, 0.1) is 6.92 Å². The molecular weight excluding hydrogens is 291 g/mol. The van der Waals surface area contributed by atoms with E-state index in [1.165, 1.54) is 0 Å². The van der Waals surface area contributed by atoms with Gasteiger partial charge in [-0.2, -0.15) is 0 Å². The van der Waals surface area contributed by atoms with Crippen molar-refractivity contribution in [2.24, 2.45) is 0 Å². The normalized spacial score (nSPS) is 9.67. The Balaban J connectivity index is 0.00000112. The molecule has 0 unspecified atom stereocenters. The van der Waals surface area contributed by atoms with E-state index in [2.05, 4.69) is 0 Å². The number of hydrogen-bond acceptors (Lipinski definition) is 1. The van der Waals surface area contributed by atoms with Crippen molar-refractivity contribution in [3.8, 4) is 0 Å². The molecular formula is C12H10InO2. The molecule has 0 bridgehead atoms. The Morgan fingerprint density at radius 2 is 1.80 bits per heavy atom. The first kappa shape index (κ1) is 12.1. The average molecular weight is 301 g/mol. The molecule has 2 aromatic carbocycles. The Morgan fingerprint density at radius 1 is 1.13 bits per heavy atom. The zero-order valence-electron chi connectivity index (χ0n) is 8.40. The van der Waals surface area contributed by atoms with Crippen LogP contribution in [0.25, 0.3) is 10.8 Å². The van der Waals surface area contributed by atoms with E-state index < -0.39 is 5.97 Å². The average Bonchev–Trinajstić information content (AvgIpc) is 2.17. The third-order valence-electron chi connectivity index (χ3n) is 2.35. The number of rotatable bonds is 1. The van der Waals surface area contributed by atoms with Crippen LogP contribution in [-0.2, 0) is 0 Å². The van der Waals surface area contributed by atoms with Crippen LogP contribution in [0.15, 0.2) is 36.4 Å². The molecule has 3 radical (unpaired) electrons. The van der Waals surface area contributed by atoms with Crippen LogP contribution < -0.4 is 0 Å². The van der Waals surface area contributed by atoms with Crippen LogP contribution in [-0.4, -0.2) is 36.9 Å². The molecule has 15 heavy (non-hydrogen) atoms. The second-order valence-electron chi connectivity index (χ2n) is 3.28. The fourth-order valence-corrected chi connectivity index (χ4v) is 1.66. The number of fused-ring (bicyclic) bond motifs is 1. The van der Waals surface area contributed by atoms with Crippen molar-refractivity contribution in [1.82, 2.24) is 0 Å². The van der Waals surface area contributed by atoms with Gasteiger partial charge in [-0.15, -0.1) is 0 Å². The molecule has 0 aliphatic heterocycles. The van der Waals surface area contributed by atoms with Crippen molar-refractivity contribution in [2.45, 2.75) is 6.92 Å². The van der Waals surface area contributed by atoms with Crippen LogP contribution in [0.5, 0.6) is 0 Å². The van der Waals surface area contributed by atoms with E-state index >= 15 is 0 Å². The summed E-state index contributed by atoms with van der Waals surface area (Å²) >= 11 is 0. The summed E-state index contributed by atoms with van der Waals surface area (Å²) in [7, 11) is 0. The first-order valence-corrected chi connectivity index (χ1v) is 4.42. The van der Waals surface area contributed by atoms with Crippen LogP contribution >= 0.6 is 0 Å². The molecule has 0 saturated carbocycles. The maximum Gasteiger partial charge on any atom is 0.336 e. The largest absolute Gasteiger partial charge is 0.478 e. The summed E-state index contributed by atoms with van der Waals surface area (Å²) in [5.41, 5.74) is 1.21. The zero-order valence-corrected chi connectivity index (χ0v) is 11.7. The molecule has 0 spiro atoms. The Labute approximate surface area is 107 Å². The molecule has 0 aliphatic carbocycles. The summed E-state index contributed by atoms with van der Waals surface area (Å²) < 4.78 is 0. The zero-order chi connectivity index (χ0) is 10.1. The molecule has 2 aromatic rings. The quantitative estimate of drug-likeness (QED) is 0.878. The molecule has 73 valence electrons. The Hall–Kier alpha value is -0.960. The first-order chi connectivity index (χ1) is 6.70. The maximum atomic E-state index is 11.0. The maximum absolute atomic E-state index is 11.0. The SMILES string of the molecule is Cc1ccc2ccccc2c1C(=O)O.[In]. The molecule has 0 heterocycles. The Kier molecular flexibility index (Phi) is 3.80. The number of carboxylic acid groups (broad SMARTS) is 1. The second-order valence-corrected chi connectivity index (χ2v) is 3.28. The predicted molar refractivity (Wildman–Crippen MR) is 61.4 cm³/mol. The topological polar surface area (TPSA) is 37.3 Å². The van der Waals surface area contributed by atoms with Gasteiger partial charge in [0, 0.05) is 25.8 Å². The van der Waals surface area contributed by atoms with E-state index in [9.17, 15) is 4.79 Å². The van der Waals surface area contributed by atoms with Gasteiger partial charge in [-0.05, 0) is 23.3 Å². The van der Waals surface area contributed by atoms with Gasteiger partial charge < -0.3 is 5.11 Å². The summed E-state index contributed by atoms with van der Waals surface area (Å²) in [4.78, 5) is 11.0. The van der Waals surface area contributed by atoms with E-state index in [0.717, 1.165) is 16.3 Å². The minimum Gasteiger partial charge on any atom is -0.478 e. The number of benzene rings is 2. The van der Waals surface area contributed by atoms with Crippen LogP contribution in [0.3, 0.4) is 0 Å². The van der Waals surface area contributed by atoms with Crippen molar-refractivity contribution in [3.63, 3.8) is 0 Å². The summed E-state index contributed by atoms with van der Waals surface area (Å²) in [6.07, 6.45) is 0. The van der Waals surface area contributed by atoms with Crippen LogP contribution in [0.4, 0.5) is 0 Å². The van der Waals surface area contributed by atoms with Gasteiger partial charge in [0.05, 0.1) is 5.56 Å². The molecule has 0 amide bonds. The molecule has 0 fully saturated rings. The standard InChI is InChI=1S/C12H10O2.In/c1-8-6-7-9-4-2-3-5-10(9)11(8)12(13)14;/h2-7H,1H3,(H,13,14);. The first-order valence-electron chi connectivity index (χ1n) is 4.42. The summed E-state index contributed by atoms with van der Waals surface area (Å²) in [6, 6.07) is 11.3. The minimum atomic E-state index is -0.862. The predicted octanol–water partition coefficient (Wildman–Crippen LogP) is 2.47. The molecule has 0 aromatic heterocycles. The van der Waals surface area contributed by atoms with Gasteiger partial charge in [0.2, 0.25) is 0 Å². The number of carboxylic acids is 1. The van der Waals surface area contributed by atoms with Gasteiger partial charge in [-0.3, -0.25) is 0 Å². The fourth-order valence-electron chi connectivity index (χ4n) is 1.66. The monoisotopic (exact) mass is 301 g/mol. The van der Waals surface area contributed by atoms with Crippen molar-refractivity contribution in [1.29, 1.82) is 0 Å². The molecule has 2 rings (SSSR count). The summed E-state index contributed by atoms with van der Waals surface area (Å²) in [5.74, 6) is -0.862. The Morgan fingerprint density at radius 3 is 2.47 bits per heavy atom. The van der Waals surface area contributed by atoms with Crippen LogP contribution in [0.1, 0.15) is 15.9 Å². The van der Waals surface area contributed by atoms with Gasteiger partial charge in [0.15, 0.2) is 0 Å². The molecule has 3 heteroatoms. The van der Waals surface area contributed by atoms with E-state index in [0.29, 0.717) is 5.56 Å². The Bertz CT molecular complexity index is 506. The number of aryl methyl sites for hydroxylation is 1. The molecule has 1 N–H and O–H groups in total. The van der Waals surface area contributed by atoms with Crippen molar-refractivity contribution >= 4 is 42.6 Å². The summed E-state index contributed by atoms with van der Waals surface area (Å²) in [5, 5.41) is 10.8. The van der Waals surface area contributed by atoms with Gasteiger partial charge >= 0.3 is 5.97 Å². The second kappa shape index (κ2) is 4.71. The molecule has 0 saturated heterocycles. The molecule has 0 atom stereocenters. The number of aromatic carboxylic acids is 1. The van der Waals surface area contributed by atoms with E-state index in [1.54, 1.807) is 0 Å². The van der Waals surface area contributed by atoms with Crippen molar-refractivity contribution < 1.29 is 9.90 Å². The van der Waals surface area contributed by atoms with Crippen LogP contribution in [0.2, 0.25) is 0 Å². The number of carbonyl (C=O) groups is 1. The van der Waals surface area contributed by atoms with Gasteiger partial charge in [0.25, 0.3) is 0 Å². The van der Waals surface area contributed by atoms with Gasteiger partial charge in [-0.1, -0.05) is 36.4 Å². The third-order valence-corrected chi connectivity index (χ3v) is 2.35.